The maximum Gasteiger partial charge on any atom is 0.257 e. The Hall–Kier alpha value is -1.92. The number of ether oxygens (including phenoxy) is 1. The fourth-order valence-corrected chi connectivity index (χ4v) is 3.30. The number of unbranched alkanes of at least 4 members (excludes halogenated alkanes) is 1. The molecular weight excluding hydrogens is 424 g/mol. The number of halogens is 1. The summed E-state index contributed by atoms with van der Waals surface area (Å²) >= 11 is 8.79. The summed E-state index contributed by atoms with van der Waals surface area (Å²) in [6, 6.07) is 11.3. The molecule has 6 heteroatoms. The van der Waals surface area contributed by atoms with E-state index in [9.17, 15) is 4.79 Å². The van der Waals surface area contributed by atoms with Gasteiger partial charge in [-0.1, -0.05) is 38.5 Å². The van der Waals surface area contributed by atoms with E-state index in [1.54, 1.807) is 18.2 Å². The summed E-state index contributed by atoms with van der Waals surface area (Å²) in [5, 5.41) is 6.18. The molecule has 0 unspecified atom stereocenters. The lowest BCUT2D eigenvalue weighted by atomic mass is 10.1. The molecule has 1 amide bonds. The molecule has 0 aliphatic rings. The van der Waals surface area contributed by atoms with Crippen molar-refractivity contribution in [3.63, 3.8) is 0 Å². The number of thiocarbonyl (C=S) groups is 1. The van der Waals surface area contributed by atoms with Gasteiger partial charge < -0.3 is 10.1 Å². The summed E-state index contributed by atoms with van der Waals surface area (Å²) in [5.41, 5.74) is 3.70. The van der Waals surface area contributed by atoms with Crippen molar-refractivity contribution in [3.05, 3.63) is 57.6 Å². The van der Waals surface area contributed by atoms with Crippen LogP contribution in [0.15, 0.2) is 40.9 Å². The van der Waals surface area contributed by atoms with Crippen molar-refractivity contribution in [3.8, 4) is 5.75 Å². The van der Waals surface area contributed by atoms with Crippen LogP contribution >= 0.6 is 28.1 Å². The van der Waals surface area contributed by atoms with E-state index in [0.29, 0.717) is 12.2 Å². The first-order chi connectivity index (χ1) is 13.0. The van der Waals surface area contributed by atoms with Crippen LogP contribution in [0.5, 0.6) is 5.75 Å². The molecule has 2 aromatic carbocycles. The van der Waals surface area contributed by atoms with E-state index in [4.69, 9.17) is 17.0 Å². The molecule has 0 aliphatic carbocycles. The summed E-state index contributed by atoms with van der Waals surface area (Å²) in [4.78, 5) is 12.5. The Kier molecular flexibility index (Phi) is 8.25. The largest absolute Gasteiger partial charge is 0.492 e. The minimum atomic E-state index is -0.264. The summed E-state index contributed by atoms with van der Waals surface area (Å²) in [6.45, 7) is 6.87. The molecule has 27 heavy (non-hydrogen) atoms. The number of nitrogens with one attached hydrogen (secondary N) is 2. The van der Waals surface area contributed by atoms with Crippen LogP contribution in [0.25, 0.3) is 0 Å². The van der Waals surface area contributed by atoms with Crippen LogP contribution in [0.3, 0.4) is 0 Å². The highest BCUT2D eigenvalue weighted by atomic mass is 79.9. The molecule has 2 aromatic rings. The molecule has 2 rings (SSSR count). The number of benzene rings is 2. The highest BCUT2D eigenvalue weighted by Crippen LogP contribution is 2.26. The van der Waals surface area contributed by atoms with Crippen molar-refractivity contribution in [2.75, 3.05) is 11.9 Å². The van der Waals surface area contributed by atoms with E-state index < -0.39 is 0 Å². The summed E-state index contributed by atoms with van der Waals surface area (Å²) < 4.78 is 6.44. The second-order valence-electron chi connectivity index (χ2n) is 6.22. The van der Waals surface area contributed by atoms with Crippen molar-refractivity contribution >= 4 is 44.9 Å². The average Bonchev–Trinajstić information content (AvgIpc) is 2.64. The Morgan fingerprint density at radius 3 is 2.67 bits per heavy atom. The third kappa shape index (κ3) is 6.04. The van der Waals surface area contributed by atoms with Gasteiger partial charge in [0.15, 0.2) is 5.11 Å². The van der Waals surface area contributed by atoms with Crippen molar-refractivity contribution in [2.24, 2.45) is 0 Å². The molecule has 0 aliphatic heterocycles. The van der Waals surface area contributed by atoms with Gasteiger partial charge in [0.25, 0.3) is 5.91 Å². The van der Waals surface area contributed by atoms with Crippen LogP contribution in [-0.2, 0) is 6.42 Å². The highest BCUT2D eigenvalue weighted by molar-refractivity contribution is 9.10. The quantitative estimate of drug-likeness (QED) is 0.425. The maximum atomic E-state index is 12.5. The van der Waals surface area contributed by atoms with Gasteiger partial charge in [-0.15, -0.1) is 0 Å². The molecule has 0 spiro atoms. The molecule has 144 valence electrons. The number of anilines is 1. The van der Waals surface area contributed by atoms with Gasteiger partial charge in [-0.05, 0) is 77.2 Å². The Morgan fingerprint density at radius 1 is 1.22 bits per heavy atom. The van der Waals surface area contributed by atoms with E-state index >= 15 is 0 Å². The molecule has 0 fully saturated rings. The smallest absolute Gasteiger partial charge is 0.257 e. The number of para-hydroxylation sites is 1. The van der Waals surface area contributed by atoms with Gasteiger partial charge in [0.2, 0.25) is 0 Å². The predicted octanol–water partition coefficient (Wildman–Crippen LogP) is 5.63. The third-order valence-electron chi connectivity index (χ3n) is 4.16. The minimum absolute atomic E-state index is 0.264. The second-order valence-corrected chi connectivity index (χ2v) is 7.48. The first-order valence-corrected chi connectivity index (χ1v) is 10.3. The molecule has 0 radical (unpaired) electrons. The number of carbonyl (C=O) groups is 1. The SMILES string of the molecule is CCCCOc1ccc(C(=O)NC(=S)Nc2c(C)cccc2CC)cc1Br. The number of rotatable bonds is 7. The maximum absolute atomic E-state index is 12.5. The summed E-state index contributed by atoms with van der Waals surface area (Å²) in [7, 11) is 0. The highest BCUT2D eigenvalue weighted by Gasteiger charge is 2.12. The number of carbonyl (C=O) groups excluding carboxylic acids is 1. The summed E-state index contributed by atoms with van der Waals surface area (Å²) in [6.07, 6.45) is 2.95. The number of hydrogen-bond donors (Lipinski definition) is 2. The molecular formula is C21H25BrN2O2S. The van der Waals surface area contributed by atoms with Crippen molar-refractivity contribution in [2.45, 2.75) is 40.0 Å². The first-order valence-electron chi connectivity index (χ1n) is 9.09. The van der Waals surface area contributed by atoms with Crippen molar-refractivity contribution in [1.82, 2.24) is 5.32 Å². The van der Waals surface area contributed by atoms with Crippen molar-refractivity contribution in [1.29, 1.82) is 0 Å². The monoisotopic (exact) mass is 448 g/mol. The van der Waals surface area contributed by atoms with E-state index in [1.807, 2.05) is 25.1 Å². The molecule has 0 atom stereocenters. The standard InChI is InChI=1S/C21H25BrN2O2S/c1-4-6-12-26-18-11-10-16(13-17(18)22)20(25)24-21(27)23-19-14(3)8-7-9-15(19)5-2/h7-11,13H,4-6,12H2,1-3H3,(H2,23,24,25,27). The molecule has 4 nitrogen and oxygen atoms in total. The van der Waals surface area contributed by atoms with Crippen LogP contribution in [0.2, 0.25) is 0 Å². The van der Waals surface area contributed by atoms with Crippen LogP contribution in [0.1, 0.15) is 48.2 Å². The zero-order valence-electron chi connectivity index (χ0n) is 15.9. The van der Waals surface area contributed by atoms with Crippen LogP contribution in [0.4, 0.5) is 5.69 Å². The van der Waals surface area contributed by atoms with Gasteiger partial charge in [-0.2, -0.15) is 0 Å². The number of hydrogen-bond acceptors (Lipinski definition) is 3. The Balaban J connectivity index is 2.02. The summed E-state index contributed by atoms with van der Waals surface area (Å²) in [5.74, 6) is 0.466. The fourth-order valence-electron chi connectivity index (χ4n) is 2.61. The molecule has 0 bridgehead atoms. The van der Waals surface area contributed by atoms with Gasteiger partial charge in [0.1, 0.15) is 5.75 Å². The second kappa shape index (κ2) is 10.4. The van der Waals surface area contributed by atoms with Crippen LogP contribution < -0.4 is 15.4 Å². The number of aryl methyl sites for hydroxylation is 2. The molecule has 0 saturated heterocycles. The van der Waals surface area contributed by atoms with E-state index in [2.05, 4.69) is 40.4 Å². The van der Waals surface area contributed by atoms with Gasteiger partial charge in [-0.3, -0.25) is 10.1 Å². The molecule has 0 aromatic heterocycles. The molecule has 0 heterocycles. The lowest BCUT2D eigenvalue weighted by Crippen LogP contribution is -2.34. The normalized spacial score (nSPS) is 10.4. The third-order valence-corrected chi connectivity index (χ3v) is 4.98. The molecule has 2 N–H and O–H groups in total. The minimum Gasteiger partial charge on any atom is -0.492 e. The van der Waals surface area contributed by atoms with Crippen LogP contribution in [-0.4, -0.2) is 17.6 Å². The van der Waals surface area contributed by atoms with Gasteiger partial charge in [0, 0.05) is 11.3 Å². The topological polar surface area (TPSA) is 50.4 Å². The predicted molar refractivity (Wildman–Crippen MR) is 119 cm³/mol. The lowest BCUT2D eigenvalue weighted by molar-refractivity contribution is 0.0977. The van der Waals surface area contributed by atoms with E-state index in [1.165, 1.54) is 0 Å². The fraction of sp³-hybridized carbons (Fsp3) is 0.333. The van der Waals surface area contributed by atoms with E-state index in [0.717, 1.165) is 46.3 Å². The first kappa shape index (κ1) is 21.4. The van der Waals surface area contributed by atoms with Crippen molar-refractivity contribution < 1.29 is 9.53 Å². The number of amides is 1. The van der Waals surface area contributed by atoms with Gasteiger partial charge >= 0.3 is 0 Å². The Bertz CT molecular complexity index is 824. The van der Waals surface area contributed by atoms with Crippen LogP contribution in [0, 0.1) is 6.92 Å². The van der Waals surface area contributed by atoms with E-state index in [-0.39, 0.29) is 11.0 Å². The molecule has 0 saturated carbocycles. The average molecular weight is 449 g/mol. The Morgan fingerprint density at radius 2 is 2.00 bits per heavy atom. The lowest BCUT2D eigenvalue weighted by Gasteiger charge is -2.15. The van der Waals surface area contributed by atoms with Gasteiger partial charge in [-0.25, -0.2) is 0 Å². The Labute approximate surface area is 174 Å². The zero-order chi connectivity index (χ0) is 19.8. The zero-order valence-corrected chi connectivity index (χ0v) is 18.3. The van der Waals surface area contributed by atoms with Gasteiger partial charge in [0.05, 0.1) is 11.1 Å².